The fourth-order valence-electron chi connectivity index (χ4n) is 3.40. The third-order valence-corrected chi connectivity index (χ3v) is 5.21. The zero-order valence-corrected chi connectivity index (χ0v) is 16.3. The van der Waals surface area contributed by atoms with Gasteiger partial charge in [0.05, 0.1) is 6.10 Å². The highest BCUT2D eigenvalue weighted by Gasteiger charge is 2.28. The summed E-state index contributed by atoms with van der Waals surface area (Å²) >= 11 is 0. The topological polar surface area (TPSA) is 92.9 Å². The summed E-state index contributed by atoms with van der Waals surface area (Å²) < 4.78 is 10.8. The number of carbonyl (C=O) groups excluding carboxylic acids is 2. The van der Waals surface area contributed by atoms with Crippen molar-refractivity contribution in [2.24, 2.45) is 5.92 Å². The first-order valence-electron chi connectivity index (χ1n) is 9.64. The molecule has 3 rings (SSSR count). The zero-order valence-electron chi connectivity index (χ0n) is 16.3. The molecule has 150 valence electrons. The van der Waals surface area contributed by atoms with Crippen LogP contribution >= 0.6 is 0 Å². The third-order valence-electron chi connectivity index (χ3n) is 5.21. The van der Waals surface area contributed by atoms with Crippen molar-refractivity contribution in [3.05, 3.63) is 47.3 Å². The van der Waals surface area contributed by atoms with Crippen LogP contribution in [0.15, 0.2) is 34.9 Å². The van der Waals surface area contributed by atoms with Crippen molar-refractivity contribution in [2.45, 2.75) is 45.8 Å². The molecule has 0 spiro atoms. The number of carbonyl (C=O) groups is 2. The number of rotatable bonds is 7. The number of ether oxygens (including phenoxy) is 1. The predicted molar refractivity (Wildman–Crippen MR) is 102 cm³/mol. The average molecular weight is 386 g/mol. The van der Waals surface area contributed by atoms with E-state index in [0.29, 0.717) is 30.2 Å². The SMILES string of the molecule is CC[C@H](O)C1CCN(C(=O)c2cc(COc3ccc(C(C)=O)cc3)on2)CC1. The average Bonchev–Trinajstić information content (AvgIpc) is 3.20. The second-order valence-corrected chi connectivity index (χ2v) is 7.15. The van der Waals surface area contributed by atoms with Crippen molar-refractivity contribution in [3.63, 3.8) is 0 Å². The van der Waals surface area contributed by atoms with E-state index in [-0.39, 0.29) is 36.0 Å². The number of ketones is 1. The molecule has 7 heteroatoms. The summed E-state index contributed by atoms with van der Waals surface area (Å²) in [6.45, 7) is 4.85. The Kier molecular flexibility index (Phi) is 6.46. The minimum absolute atomic E-state index is 0.00169. The monoisotopic (exact) mass is 386 g/mol. The molecule has 2 aromatic rings. The van der Waals surface area contributed by atoms with E-state index in [1.165, 1.54) is 6.92 Å². The van der Waals surface area contributed by atoms with Gasteiger partial charge < -0.3 is 19.3 Å². The molecule has 7 nitrogen and oxygen atoms in total. The maximum atomic E-state index is 12.6. The Morgan fingerprint density at radius 2 is 1.96 bits per heavy atom. The van der Waals surface area contributed by atoms with Crippen LogP contribution in [0.5, 0.6) is 5.75 Å². The summed E-state index contributed by atoms with van der Waals surface area (Å²) in [6, 6.07) is 8.43. The molecule has 0 radical (unpaired) electrons. The van der Waals surface area contributed by atoms with E-state index in [1.807, 2.05) is 6.92 Å². The number of hydrogen-bond acceptors (Lipinski definition) is 6. The van der Waals surface area contributed by atoms with Gasteiger partial charge in [-0.2, -0.15) is 0 Å². The van der Waals surface area contributed by atoms with Gasteiger partial charge in [-0.25, -0.2) is 0 Å². The van der Waals surface area contributed by atoms with Crippen LogP contribution in [0.4, 0.5) is 0 Å². The number of piperidine rings is 1. The van der Waals surface area contributed by atoms with Crippen LogP contribution < -0.4 is 4.74 Å². The van der Waals surface area contributed by atoms with E-state index in [2.05, 4.69) is 5.16 Å². The van der Waals surface area contributed by atoms with Crippen LogP contribution in [-0.4, -0.2) is 46.0 Å². The van der Waals surface area contributed by atoms with Gasteiger partial charge in [0.25, 0.3) is 5.91 Å². The van der Waals surface area contributed by atoms with Crippen LogP contribution in [0.3, 0.4) is 0 Å². The Bertz CT molecular complexity index is 806. The molecule has 1 N–H and O–H groups in total. The lowest BCUT2D eigenvalue weighted by atomic mass is 9.90. The molecule has 2 heterocycles. The maximum absolute atomic E-state index is 12.6. The fraction of sp³-hybridized carbons (Fsp3) is 0.476. The van der Waals surface area contributed by atoms with Gasteiger partial charge in [0, 0.05) is 24.7 Å². The zero-order chi connectivity index (χ0) is 20.1. The number of hydrogen-bond donors (Lipinski definition) is 1. The Balaban J connectivity index is 1.52. The van der Waals surface area contributed by atoms with Gasteiger partial charge in [-0.05, 0) is 56.4 Å². The van der Waals surface area contributed by atoms with Gasteiger partial charge in [0.1, 0.15) is 12.4 Å². The van der Waals surface area contributed by atoms with Crippen molar-refractivity contribution in [3.8, 4) is 5.75 Å². The predicted octanol–water partition coefficient (Wildman–Crippen LogP) is 3.08. The second-order valence-electron chi connectivity index (χ2n) is 7.15. The highest BCUT2D eigenvalue weighted by Crippen LogP contribution is 2.23. The van der Waals surface area contributed by atoms with Gasteiger partial charge in [-0.1, -0.05) is 12.1 Å². The summed E-state index contributed by atoms with van der Waals surface area (Å²) in [5.74, 6) is 1.15. The molecule has 0 unspecified atom stereocenters. The fourth-order valence-corrected chi connectivity index (χ4v) is 3.40. The number of aromatic nitrogens is 1. The van der Waals surface area contributed by atoms with Crippen molar-refractivity contribution in [1.29, 1.82) is 0 Å². The van der Waals surface area contributed by atoms with Crippen molar-refractivity contribution < 1.29 is 24.0 Å². The van der Waals surface area contributed by atoms with Crippen molar-refractivity contribution >= 4 is 11.7 Å². The Morgan fingerprint density at radius 3 is 2.57 bits per heavy atom. The first-order chi connectivity index (χ1) is 13.5. The highest BCUT2D eigenvalue weighted by atomic mass is 16.5. The van der Waals surface area contributed by atoms with Crippen molar-refractivity contribution in [2.75, 3.05) is 13.1 Å². The Hall–Kier alpha value is -2.67. The molecular weight excluding hydrogens is 360 g/mol. The summed E-state index contributed by atoms with van der Waals surface area (Å²) in [5.41, 5.74) is 0.884. The molecule has 28 heavy (non-hydrogen) atoms. The van der Waals surface area contributed by atoms with E-state index in [4.69, 9.17) is 9.26 Å². The molecule has 0 aliphatic carbocycles. The largest absolute Gasteiger partial charge is 0.486 e. The minimum atomic E-state index is -0.294. The molecule has 1 aliphatic rings. The van der Waals surface area contributed by atoms with Crippen LogP contribution in [-0.2, 0) is 6.61 Å². The molecule has 0 saturated carbocycles. The van der Waals surface area contributed by atoms with Gasteiger partial charge in [-0.3, -0.25) is 9.59 Å². The molecule has 0 bridgehead atoms. The number of nitrogens with zero attached hydrogens (tertiary/aromatic N) is 2. The highest BCUT2D eigenvalue weighted by molar-refractivity contribution is 5.94. The number of benzene rings is 1. The van der Waals surface area contributed by atoms with Crippen LogP contribution in [0, 0.1) is 5.92 Å². The first-order valence-corrected chi connectivity index (χ1v) is 9.64. The van der Waals surface area contributed by atoms with Crippen molar-refractivity contribution in [1.82, 2.24) is 10.1 Å². The molecule has 1 aliphatic heterocycles. The summed E-state index contributed by atoms with van der Waals surface area (Å²) in [6.07, 6.45) is 2.04. The van der Waals surface area contributed by atoms with E-state index in [1.54, 1.807) is 35.2 Å². The van der Waals surface area contributed by atoms with Gasteiger partial charge in [0.2, 0.25) is 0 Å². The lowest BCUT2D eigenvalue weighted by Gasteiger charge is -2.33. The van der Waals surface area contributed by atoms with Crippen LogP contribution in [0.1, 0.15) is 59.7 Å². The smallest absolute Gasteiger partial charge is 0.276 e. The molecule has 1 atom stereocenters. The molecular formula is C21H26N2O5. The minimum Gasteiger partial charge on any atom is -0.486 e. The number of amides is 1. The first kappa shape index (κ1) is 20.1. The Morgan fingerprint density at radius 1 is 1.29 bits per heavy atom. The van der Waals surface area contributed by atoms with Crippen LogP contribution in [0.2, 0.25) is 0 Å². The number of aliphatic hydroxyl groups excluding tert-OH is 1. The van der Waals surface area contributed by atoms with Crippen LogP contribution in [0.25, 0.3) is 0 Å². The Labute approximate surface area is 164 Å². The van der Waals surface area contributed by atoms with E-state index in [0.717, 1.165) is 19.3 Å². The van der Waals surface area contributed by atoms with Gasteiger partial charge >= 0.3 is 0 Å². The molecule has 1 saturated heterocycles. The summed E-state index contributed by atoms with van der Waals surface area (Å²) in [5, 5.41) is 13.8. The molecule has 1 fully saturated rings. The standard InChI is InChI=1S/C21H26N2O5/c1-3-20(25)16-8-10-23(11-9-16)21(26)19-12-18(28-22-19)13-27-17-6-4-15(5-7-17)14(2)24/h4-7,12,16,20,25H,3,8-11,13H2,1-2H3/t20-/m0/s1. The number of aliphatic hydroxyl groups is 1. The van der Waals surface area contributed by atoms with Gasteiger partial charge in [-0.15, -0.1) is 0 Å². The van der Waals surface area contributed by atoms with E-state index < -0.39 is 0 Å². The number of Topliss-reactive ketones (excluding diaryl/α,β-unsaturated/α-hetero) is 1. The maximum Gasteiger partial charge on any atom is 0.276 e. The molecule has 1 amide bonds. The summed E-state index contributed by atoms with van der Waals surface area (Å²) in [4.78, 5) is 25.6. The molecule has 1 aromatic carbocycles. The summed E-state index contributed by atoms with van der Waals surface area (Å²) in [7, 11) is 0. The van der Waals surface area contributed by atoms with E-state index in [9.17, 15) is 14.7 Å². The second kappa shape index (κ2) is 9.01. The lowest BCUT2D eigenvalue weighted by molar-refractivity contribution is 0.0447. The number of likely N-dealkylation sites (tertiary alicyclic amines) is 1. The normalized spacial score (nSPS) is 16.0. The third kappa shape index (κ3) is 4.78. The van der Waals surface area contributed by atoms with Gasteiger partial charge in [0.15, 0.2) is 17.2 Å². The lowest BCUT2D eigenvalue weighted by Crippen LogP contribution is -2.41. The quantitative estimate of drug-likeness (QED) is 0.735. The van der Waals surface area contributed by atoms with E-state index >= 15 is 0 Å². The molecule has 1 aromatic heterocycles.